The molecule has 2 aromatic rings. The van der Waals surface area contributed by atoms with E-state index in [0.717, 1.165) is 22.1 Å². The molecule has 1 aromatic heterocycles. The quantitative estimate of drug-likeness (QED) is 0.945. The lowest BCUT2D eigenvalue weighted by Crippen LogP contribution is -2.31. The number of rotatable bonds is 3. The summed E-state index contributed by atoms with van der Waals surface area (Å²) < 4.78 is 11.5. The van der Waals surface area contributed by atoms with Crippen LogP contribution in [0.25, 0.3) is 11.0 Å². The van der Waals surface area contributed by atoms with E-state index in [-0.39, 0.29) is 24.7 Å². The van der Waals surface area contributed by atoms with Crippen LogP contribution in [0.1, 0.15) is 35.5 Å². The Morgan fingerprint density at radius 1 is 1.35 bits per heavy atom. The Bertz CT molecular complexity index is 734. The number of carbonyl (C=O) groups is 1. The van der Waals surface area contributed by atoms with Gasteiger partial charge in [0.2, 0.25) is 0 Å². The number of fused-ring (bicyclic) bond motifs is 1. The van der Waals surface area contributed by atoms with Crippen molar-refractivity contribution in [2.45, 2.75) is 46.0 Å². The first-order valence-electron chi connectivity index (χ1n) is 7.99. The number of carbonyl (C=O) groups excluding carboxylic acids is 1. The highest BCUT2D eigenvalue weighted by atomic mass is 16.5. The van der Waals surface area contributed by atoms with Gasteiger partial charge in [-0.3, -0.25) is 4.79 Å². The van der Waals surface area contributed by atoms with Crippen molar-refractivity contribution in [2.75, 3.05) is 13.1 Å². The molecule has 1 fully saturated rings. The first-order valence-corrected chi connectivity index (χ1v) is 7.99. The Morgan fingerprint density at radius 3 is 2.78 bits per heavy atom. The predicted octanol–water partition coefficient (Wildman–Crippen LogP) is 2.66. The third-order valence-electron chi connectivity index (χ3n) is 4.26. The zero-order valence-electron chi connectivity index (χ0n) is 14.0. The Balaban J connectivity index is 1.85. The van der Waals surface area contributed by atoms with Gasteiger partial charge in [0.05, 0.1) is 18.8 Å². The van der Waals surface area contributed by atoms with E-state index in [0.29, 0.717) is 12.3 Å². The van der Waals surface area contributed by atoms with Crippen LogP contribution < -0.4 is 0 Å². The monoisotopic (exact) mass is 317 g/mol. The van der Waals surface area contributed by atoms with Crippen LogP contribution in [0.3, 0.4) is 0 Å². The fraction of sp³-hybridized carbons (Fsp3) is 0.500. The predicted molar refractivity (Wildman–Crippen MR) is 87.6 cm³/mol. The lowest BCUT2D eigenvalue weighted by Gasteiger charge is -2.17. The van der Waals surface area contributed by atoms with E-state index in [1.807, 2.05) is 45.9 Å². The highest BCUT2D eigenvalue weighted by molar-refractivity contribution is 5.99. The smallest absolute Gasteiger partial charge is 0.290 e. The molecule has 0 aliphatic carbocycles. The maximum atomic E-state index is 12.8. The number of ether oxygens (including phenoxy) is 1. The summed E-state index contributed by atoms with van der Waals surface area (Å²) in [6.07, 6.45) is -0.986. The number of likely N-dealkylation sites (tertiary alicyclic amines) is 1. The summed E-state index contributed by atoms with van der Waals surface area (Å²) in [5, 5.41) is 11.1. The average Bonchev–Trinajstić information content (AvgIpc) is 2.99. The highest BCUT2D eigenvalue weighted by Gasteiger charge is 2.37. The van der Waals surface area contributed by atoms with Gasteiger partial charge in [0, 0.05) is 17.5 Å². The van der Waals surface area contributed by atoms with Crippen molar-refractivity contribution >= 4 is 16.9 Å². The summed E-state index contributed by atoms with van der Waals surface area (Å²) in [7, 11) is 0. The minimum Gasteiger partial charge on any atom is -0.451 e. The van der Waals surface area contributed by atoms with Crippen molar-refractivity contribution in [3.8, 4) is 0 Å². The Kier molecular flexibility index (Phi) is 4.17. The third-order valence-corrected chi connectivity index (χ3v) is 4.26. The number of aliphatic hydroxyl groups is 1. The molecule has 124 valence electrons. The van der Waals surface area contributed by atoms with Crippen LogP contribution in [0.4, 0.5) is 0 Å². The number of nitrogens with zero attached hydrogens (tertiary/aromatic N) is 1. The second kappa shape index (κ2) is 5.98. The molecule has 1 aliphatic rings. The van der Waals surface area contributed by atoms with Crippen LogP contribution in [0, 0.1) is 13.8 Å². The molecule has 1 amide bonds. The van der Waals surface area contributed by atoms with Crippen molar-refractivity contribution < 1.29 is 19.1 Å². The van der Waals surface area contributed by atoms with Gasteiger partial charge < -0.3 is 19.2 Å². The minimum absolute atomic E-state index is 0.0145. The molecule has 0 radical (unpaired) electrons. The number of amides is 1. The molecule has 0 unspecified atom stereocenters. The van der Waals surface area contributed by atoms with Crippen LogP contribution in [0.5, 0.6) is 0 Å². The number of aryl methyl sites for hydroxylation is 2. The molecule has 2 atom stereocenters. The number of β-amino-alcohol motifs (C(OH)–C–C–N with tert-alkyl or cyclic N) is 1. The molecule has 5 nitrogen and oxygen atoms in total. The molecule has 0 spiro atoms. The SMILES string of the molecule is Cc1ccc2c(C)c(C(=O)N3C[C@@H](O)[C@H](OC(C)C)C3)oc2c1. The zero-order valence-corrected chi connectivity index (χ0v) is 14.0. The van der Waals surface area contributed by atoms with E-state index in [1.54, 1.807) is 4.90 Å². The average molecular weight is 317 g/mol. The third kappa shape index (κ3) is 2.99. The van der Waals surface area contributed by atoms with E-state index < -0.39 is 6.10 Å². The minimum atomic E-state index is -0.659. The summed E-state index contributed by atoms with van der Waals surface area (Å²) in [4.78, 5) is 14.4. The number of hydrogen-bond acceptors (Lipinski definition) is 4. The number of aliphatic hydroxyl groups excluding tert-OH is 1. The summed E-state index contributed by atoms with van der Waals surface area (Å²) >= 11 is 0. The van der Waals surface area contributed by atoms with Gasteiger partial charge in [-0.25, -0.2) is 0 Å². The molecule has 23 heavy (non-hydrogen) atoms. The fourth-order valence-corrected chi connectivity index (χ4v) is 3.09. The fourth-order valence-electron chi connectivity index (χ4n) is 3.09. The molecule has 0 bridgehead atoms. The summed E-state index contributed by atoms with van der Waals surface area (Å²) in [6.45, 7) is 8.37. The van der Waals surface area contributed by atoms with E-state index >= 15 is 0 Å². The number of benzene rings is 1. The molecular weight excluding hydrogens is 294 g/mol. The van der Waals surface area contributed by atoms with Gasteiger partial charge in [-0.2, -0.15) is 0 Å². The highest BCUT2D eigenvalue weighted by Crippen LogP contribution is 2.28. The number of hydrogen-bond donors (Lipinski definition) is 1. The van der Waals surface area contributed by atoms with Gasteiger partial charge >= 0.3 is 0 Å². The van der Waals surface area contributed by atoms with Crippen molar-refractivity contribution in [3.05, 3.63) is 35.1 Å². The standard InChI is InChI=1S/C18H23NO4/c1-10(2)22-16-9-19(8-14(16)20)18(21)17-12(4)13-6-5-11(3)7-15(13)23-17/h5-7,10,14,16,20H,8-9H2,1-4H3/t14-,16-/m1/s1. The van der Waals surface area contributed by atoms with Crippen LogP contribution in [-0.4, -0.2) is 47.3 Å². The van der Waals surface area contributed by atoms with Gasteiger partial charge in [0.25, 0.3) is 5.91 Å². The first-order chi connectivity index (χ1) is 10.9. The van der Waals surface area contributed by atoms with Crippen molar-refractivity contribution in [1.82, 2.24) is 4.90 Å². The van der Waals surface area contributed by atoms with Gasteiger partial charge in [-0.05, 0) is 39.3 Å². The van der Waals surface area contributed by atoms with Gasteiger partial charge in [-0.15, -0.1) is 0 Å². The zero-order chi connectivity index (χ0) is 16.7. The lowest BCUT2D eigenvalue weighted by atomic mass is 10.1. The molecule has 1 N–H and O–H groups in total. The van der Waals surface area contributed by atoms with Crippen molar-refractivity contribution in [2.24, 2.45) is 0 Å². The lowest BCUT2D eigenvalue weighted by molar-refractivity contribution is -0.0394. The number of furan rings is 1. The second-order valence-electron chi connectivity index (χ2n) is 6.56. The molecule has 1 aromatic carbocycles. The van der Waals surface area contributed by atoms with E-state index in [4.69, 9.17) is 9.15 Å². The molecule has 1 saturated heterocycles. The van der Waals surface area contributed by atoms with Crippen molar-refractivity contribution in [1.29, 1.82) is 0 Å². The van der Waals surface area contributed by atoms with Crippen LogP contribution in [0.2, 0.25) is 0 Å². The van der Waals surface area contributed by atoms with Crippen molar-refractivity contribution in [3.63, 3.8) is 0 Å². The van der Waals surface area contributed by atoms with Crippen LogP contribution >= 0.6 is 0 Å². The summed E-state index contributed by atoms with van der Waals surface area (Å²) in [5.41, 5.74) is 2.65. The summed E-state index contributed by atoms with van der Waals surface area (Å²) in [5.74, 6) is 0.160. The van der Waals surface area contributed by atoms with E-state index in [9.17, 15) is 9.90 Å². The van der Waals surface area contributed by atoms with Gasteiger partial charge in [0.15, 0.2) is 5.76 Å². The van der Waals surface area contributed by atoms with Crippen LogP contribution in [0.15, 0.2) is 22.6 Å². The molecule has 0 saturated carbocycles. The Labute approximate surface area is 135 Å². The van der Waals surface area contributed by atoms with E-state index in [1.165, 1.54) is 0 Å². The second-order valence-corrected chi connectivity index (χ2v) is 6.56. The van der Waals surface area contributed by atoms with Crippen LogP contribution in [-0.2, 0) is 4.74 Å². The Morgan fingerprint density at radius 2 is 2.09 bits per heavy atom. The molecule has 5 heteroatoms. The topological polar surface area (TPSA) is 62.9 Å². The Hall–Kier alpha value is -1.85. The maximum Gasteiger partial charge on any atom is 0.290 e. The molecule has 1 aliphatic heterocycles. The first kappa shape index (κ1) is 16.0. The normalized spacial score (nSPS) is 21.6. The van der Waals surface area contributed by atoms with E-state index in [2.05, 4.69) is 0 Å². The largest absolute Gasteiger partial charge is 0.451 e. The van der Waals surface area contributed by atoms with Gasteiger partial charge in [0.1, 0.15) is 11.7 Å². The maximum absolute atomic E-state index is 12.8. The van der Waals surface area contributed by atoms with Gasteiger partial charge in [-0.1, -0.05) is 12.1 Å². The molecular formula is C18H23NO4. The molecule has 3 rings (SSSR count). The summed E-state index contributed by atoms with van der Waals surface area (Å²) in [6, 6.07) is 5.91. The molecule has 2 heterocycles.